The summed E-state index contributed by atoms with van der Waals surface area (Å²) in [7, 11) is 0. The molecule has 0 bridgehead atoms. The largest absolute Gasteiger partial charge is 0.459 e. The van der Waals surface area contributed by atoms with E-state index in [0.29, 0.717) is 0 Å². The number of esters is 3. The van der Waals surface area contributed by atoms with Crippen LogP contribution in [0.4, 0.5) is 0 Å². The van der Waals surface area contributed by atoms with Gasteiger partial charge in [-0.25, -0.2) is 9.59 Å². The van der Waals surface area contributed by atoms with Crippen LogP contribution in [0.25, 0.3) is 0 Å². The number of hydrogen-bond donors (Lipinski definition) is 3. The Morgan fingerprint density at radius 2 is 1.70 bits per heavy atom. The molecule has 4 saturated heterocycles. The summed E-state index contributed by atoms with van der Waals surface area (Å²) in [6.45, 7) is 7.14. The number of fused-ring (bicyclic) bond motifs is 1. The zero-order chi connectivity index (χ0) is 21.8. The highest BCUT2D eigenvalue weighted by atomic mass is 16.8. The van der Waals surface area contributed by atoms with Crippen molar-refractivity contribution in [3.63, 3.8) is 0 Å². The summed E-state index contributed by atoms with van der Waals surface area (Å²) >= 11 is 0. The predicted molar refractivity (Wildman–Crippen MR) is 92.0 cm³/mol. The van der Waals surface area contributed by atoms with E-state index in [2.05, 4.69) is 0 Å². The Hall–Kier alpha value is -1.75. The third-order valence-corrected chi connectivity index (χ3v) is 9.00. The molecule has 4 heterocycles. The van der Waals surface area contributed by atoms with Gasteiger partial charge < -0.3 is 34.3 Å². The third kappa shape index (κ3) is 1.33. The zero-order valence-electron chi connectivity index (χ0n) is 16.9. The summed E-state index contributed by atoms with van der Waals surface area (Å²) in [4.78, 5) is 38.2. The minimum absolute atomic E-state index is 0.229. The van der Waals surface area contributed by atoms with Gasteiger partial charge in [-0.2, -0.15) is 0 Å². The number of ether oxygens (including phenoxy) is 4. The highest BCUT2D eigenvalue weighted by Crippen LogP contribution is 2.84. The number of carbonyl (C=O) groups excluding carboxylic acids is 3. The second-order valence-electron chi connectivity index (χ2n) is 10.7. The molecule has 4 aliphatic heterocycles. The molecule has 6 aliphatic rings. The van der Waals surface area contributed by atoms with Crippen molar-refractivity contribution in [2.45, 2.75) is 76.0 Å². The number of carbonyl (C=O) groups is 3. The van der Waals surface area contributed by atoms with Gasteiger partial charge in [0, 0.05) is 0 Å². The quantitative estimate of drug-likeness (QED) is 0.314. The van der Waals surface area contributed by atoms with E-state index in [1.165, 1.54) is 6.92 Å². The summed E-state index contributed by atoms with van der Waals surface area (Å²) in [5.74, 6) is -4.32. The van der Waals surface area contributed by atoms with E-state index in [-0.39, 0.29) is 6.42 Å². The molecule has 2 spiro atoms. The molecule has 6 fully saturated rings. The lowest BCUT2D eigenvalue weighted by molar-refractivity contribution is -0.239. The first-order chi connectivity index (χ1) is 13.8. The Kier molecular flexibility index (Phi) is 2.97. The average molecular weight is 424 g/mol. The van der Waals surface area contributed by atoms with Gasteiger partial charge >= 0.3 is 17.9 Å². The van der Waals surface area contributed by atoms with Crippen molar-refractivity contribution in [3.05, 3.63) is 0 Å². The molecule has 0 aromatic carbocycles. The van der Waals surface area contributed by atoms with Crippen LogP contribution in [0.3, 0.4) is 0 Å². The van der Waals surface area contributed by atoms with Crippen molar-refractivity contribution in [2.75, 3.05) is 0 Å². The summed E-state index contributed by atoms with van der Waals surface area (Å²) in [5.41, 5.74) is -8.26. The smallest absolute Gasteiger partial charge is 0.343 e. The summed E-state index contributed by atoms with van der Waals surface area (Å²) in [6.07, 6.45) is -6.91. The predicted octanol–water partition coefficient (Wildman–Crippen LogP) is -1.37. The second-order valence-corrected chi connectivity index (χ2v) is 10.7. The molecule has 0 amide bonds. The van der Waals surface area contributed by atoms with Gasteiger partial charge in [0.1, 0.15) is 12.2 Å². The Morgan fingerprint density at radius 3 is 2.33 bits per heavy atom. The van der Waals surface area contributed by atoms with Crippen LogP contribution in [-0.4, -0.2) is 75.1 Å². The highest BCUT2D eigenvalue weighted by molar-refractivity contribution is 5.94. The molecule has 0 aromatic heterocycles. The summed E-state index contributed by atoms with van der Waals surface area (Å²) in [5, 5.41) is 34.7. The molecule has 0 unspecified atom stereocenters. The molecular weight excluding hydrogens is 400 g/mol. The number of aliphatic hydroxyl groups is 3. The van der Waals surface area contributed by atoms with Crippen LogP contribution >= 0.6 is 0 Å². The van der Waals surface area contributed by atoms with Gasteiger partial charge in [0.05, 0.1) is 16.7 Å². The summed E-state index contributed by atoms with van der Waals surface area (Å²) < 4.78 is 22.5. The number of aliphatic hydroxyl groups excluding tert-OH is 2. The minimum Gasteiger partial charge on any atom is -0.459 e. The average Bonchev–Trinajstić information content (AvgIpc) is 3.35. The SMILES string of the molecule is C[C@@H]1C(=O)O[C@H]2[C@@H](O)[C@@]34[C@@H]5C[C@@H](C(C)(C)C)[C@]36[C@@H](OC(=O)[C@@H]6O)O[C@@]4(C(=O)O5)[C@@]12O. The maximum absolute atomic E-state index is 13.4. The molecule has 164 valence electrons. The van der Waals surface area contributed by atoms with Crippen molar-refractivity contribution in [2.24, 2.45) is 28.1 Å². The molecule has 2 saturated carbocycles. The van der Waals surface area contributed by atoms with Gasteiger partial charge in [0.2, 0.25) is 11.9 Å². The topological polar surface area (TPSA) is 149 Å². The van der Waals surface area contributed by atoms with Gasteiger partial charge in [0.15, 0.2) is 17.8 Å². The van der Waals surface area contributed by atoms with Crippen molar-refractivity contribution < 1.29 is 48.7 Å². The fourth-order valence-electron chi connectivity index (χ4n) is 8.12. The minimum atomic E-state index is -2.24. The normalized spacial score (nSPS) is 60.1. The van der Waals surface area contributed by atoms with E-state index in [9.17, 15) is 29.7 Å². The molecule has 0 aromatic rings. The molecule has 2 aliphatic carbocycles. The third-order valence-electron chi connectivity index (χ3n) is 9.00. The fourth-order valence-corrected chi connectivity index (χ4v) is 8.12. The second kappa shape index (κ2) is 4.69. The van der Waals surface area contributed by atoms with Crippen molar-refractivity contribution in [1.29, 1.82) is 0 Å². The van der Waals surface area contributed by atoms with Crippen LogP contribution in [-0.2, 0) is 33.3 Å². The number of hydrogen-bond acceptors (Lipinski definition) is 10. The first kappa shape index (κ1) is 19.0. The van der Waals surface area contributed by atoms with Gasteiger partial charge in [-0.3, -0.25) is 4.79 Å². The molecule has 11 atom stereocenters. The van der Waals surface area contributed by atoms with Gasteiger partial charge in [-0.1, -0.05) is 20.8 Å². The molecule has 30 heavy (non-hydrogen) atoms. The lowest BCUT2D eigenvalue weighted by atomic mass is 9.51. The maximum Gasteiger partial charge on any atom is 0.343 e. The molecule has 6 rings (SSSR count). The Balaban J connectivity index is 1.72. The molecule has 10 heteroatoms. The lowest BCUT2D eigenvalue weighted by Crippen LogP contribution is -2.67. The first-order valence-corrected chi connectivity index (χ1v) is 10.2. The van der Waals surface area contributed by atoms with Crippen LogP contribution in [0, 0.1) is 28.1 Å². The Bertz CT molecular complexity index is 925. The van der Waals surface area contributed by atoms with E-state index in [1.54, 1.807) is 0 Å². The highest BCUT2D eigenvalue weighted by Gasteiger charge is 3.03. The van der Waals surface area contributed by atoms with Gasteiger partial charge in [0.25, 0.3) is 0 Å². The number of rotatable bonds is 0. The monoisotopic (exact) mass is 424 g/mol. The molecule has 3 N–H and O–H groups in total. The summed E-state index contributed by atoms with van der Waals surface area (Å²) in [6, 6.07) is 0. The van der Waals surface area contributed by atoms with Crippen LogP contribution < -0.4 is 0 Å². The van der Waals surface area contributed by atoms with E-state index in [4.69, 9.17) is 18.9 Å². The Labute approximate surface area is 171 Å². The van der Waals surface area contributed by atoms with E-state index >= 15 is 0 Å². The van der Waals surface area contributed by atoms with Gasteiger partial charge in [-0.05, 0) is 24.7 Å². The van der Waals surface area contributed by atoms with Crippen LogP contribution in [0.2, 0.25) is 0 Å². The Morgan fingerprint density at radius 1 is 1.03 bits per heavy atom. The van der Waals surface area contributed by atoms with Crippen LogP contribution in [0.15, 0.2) is 0 Å². The van der Waals surface area contributed by atoms with E-state index in [0.717, 1.165) is 0 Å². The van der Waals surface area contributed by atoms with E-state index in [1.807, 2.05) is 20.8 Å². The van der Waals surface area contributed by atoms with Crippen LogP contribution in [0.1, 0.15) is 34.1 Å². The van der Waals surface area contributed by atoms with Crippen molar-refractivity contribution in [3.8, 4) is 0 Å². The van der Waals surface area contributed by atoms with E-state index < -0.39 is 87.9 Å². The van der Waals surface area contributed by atoms with Gasteiger partial charge in [-0.15, -0.1) is 0 Å². The molecular formula is C20H24O10. The fraction of sp³-hybridized carbons (Fsp3) is 0.850. The first-order valence-electron chi connectivity index (χ1n) is 10.2. The zero-order valence-corrected chi connectivity index (χ0v) is 16.9. The van der Waals surface area contributed by atoms with Crippen LogP contribution in [0.5, 0.6) is 0 Å². The molecule has 0 radical (unpaired) electrons. The lowest BCUT2D eigenvalue weighted by Gasteiger charge is -2.47. The van der Waals surface area contributed by atoms with Crippen molar-refractivity contribution in [1.82, 2.24) is 0 Å². The maximum atomic E-state index is 13.4. The standard InChI is InChI=1S/C20H24O10/c1-6-12(23)28-11-9(21)18-8-5-7(16(2,3)4)17(18)10(22)13(24)29-15(17)30-20(18,14(25)27-8)19(6,11)26/h6-11,15,21-22,26H,5H2,1-4H3/t6-,7+,8+,9-,10+,11+,15+,17+,18+,19-,20-/m1/s1. The molecule has 10 nitrogen and oxygen atoms in total. The van der Waals surface area contributed by atoms with Crippen molar-refractivity contribution >= 4 is 17.9 Å².